The van der Waals surface area contributed by atoms with E-state index in [1.54, 1.807) is 6.08 Å². The van der Waals surface area contributed by atoms with Gasteiger partial charge in [0.1, 0.15) is 13.2 Å². The predicted molar refractivity (Wildman–Crippen MR) is 364 cm³/mol. The van der Waals surface area contributed by atoms with Crippen molar-refractivity contribution < 1.29 is 32.9 Å². The second-order valence-electron chi connectivity index (χ2n) is 24.9. The third-order valence-electron chi connectivity index (χ3n) is 15.5. The highest BCUT2D eigenvalue weighted by molar-refractivity contribution is 7.47. The Morgan fingerprint density at radius 3 is 1.11 bits per heavy atom. The van der Waals surface area contributed by atoms with Crippen LogP contribution in [0, 0.1) is 0 Å². The minimum atomic E-state index is -4.36. The third-order valence-corrected chi connectivity index (χ3v) is 16.5. The number of nitrogens with one attached hydrogen (secondary N) is 1. The molecule has 0 fully saturated rings. The van der Waals surface area contributed by atoms with Crippen LogP contribution < -0.4 is 5.32 Å². The second kappa shape index (κ2) is 63.9. The molecule has 0 heterocycles. The number of phosphoric ester groups is 1. The summed E-state index contributed by atoms with van der Waals surface area (Å²) in [6.07, 6.45) is 92.7. The Bertz CT molecular complexity index is 1670. The molecule has 3 N–H and O–H groups in total. The van der Waals surface area contributed by atoms with Crippen LogP contribution in [0.25, 0.3) is 0 Å². The van der Waals surface area contributed by atoms with Gasteiger partial charge < -0.3 is 19.8 Å². The highest BCUT2D eigenvalue weighted by Crippen LogP contribution is 2.43. The fourth-order valence-corrected chi connectivity index (χ4v) is 10.9. The van der Waals surface area contributed by atoms with Gasteiger partial charge in [-0.1, -0.05) is 323 Å². The minimum absolute atomic E-state index is 0.0549. The van der Waals surface area contributed by atoms with E-state index in [2.05, 4.69) is 104 Å². The van der Waals surface area contributed by atoms with Crippen molar-refractivity contribution in [2.75, 3.05) is 40.9 Å². The SMILES string of the molecule is CC/C=C\C/C=C\C/C=C\C/C=C\C/C=C\C/C=C\CCCCCCCCCCCCCCCCCCCCCCC(=O)NC(COP(=O)(O)OCC[N+](C)(C)C)C(O)/C=C/CC/C=C/CCCCCCCCCCCCCCCCCC. The van der Waals surface area contributed by atoms with Crippen LogP contribution in [0.5, 0.6) is 0 Å². The molecule has 0 aromatic rings. The number of carbonyl (C=O) groups excluding carboxylic acids is 1. The maximum Gasteiger partial charge on any atom is 0.472 e. The van der Waals surface area contributed by atoms with Crippen molar-refractivity contribution in [3.05, 3.63) is 97.2 Å². The lowest BCUT2D eigenvalue weighted by atomic mass is 10.0. The Kier molecular flexibility index (Phi) is 61.9. The maximum atomic E-state index is 13.0. The first-order valence-electron chi connectivity index (χ1n) is 35.1. The molecule has 3 atom stereocenters. The van der Waals surface area contributed by atoms with Crippen LogP contribution in [-0.4, -0.2) is 73.4 Å². The molecule has 0 saturated carbocycles. The van der Waals surface area contributed by atoms with E-state index in [0.717, 1.165) is 77.0 Å². The number of phosphoric acid groups is 1. The number of rotatable bonds is 64. The van der Waals surface area contributed by atoms with Crippen LogP contribution in [0.4, 0.5) is 0 Å². The van der Waals surface area contributed by atoms with Gasteiger partial charge in [-0.3, -0.25) is 13.8 Å². The number of quaternary nitrogens is 1. The molecule has 0 spiro atoms. The van der Waals surface area contributed by atoms with Gasteiger partial charge >= 0.3 is 7.82 Å². The molecule has 0 aromatic carbocycles. The third kappa shape index (κ3) is 66.8. The number of amides is 1. The first-order chi connectivity index (χ1) is 40.5. The van der Waals surface area contributed by atoms with E-state index in [9.17, 15) is 19.4 Å². The fourth-order valence-electron chi connectivity index (χ4n) is 10.1. The molecule has 0 radical (unpaired) electrons. The normalized spacial score (nSPS) is 14.3. The van der Waals surface area contributed by atoms with Crippen molar-refractivity contribution in [1.82, 2.24) is 5.32 Å². The zero-order valence-electron chi connectivity index (χ0n) is 55.2. The molecular formula is C74H136N2O6P+. The topological polar surface area (TPSA) is 105 Å². The minimum Gasteiger partial charge on any atom is -0.387 e. The number of unbranched alkanes of at least 4 members (excludes halogenated alkanes) is 37. The number of likely N-dealkylation sites (N-methyl/N-ethyl adjacent to an activating group) is 1. The first kappa shape index (κ1) is 80.4. The van der Waals surface area contributed by atoms with Crippen LogP contribution >= 0.6 is 7.82 Å². The van der Waals surface area contributed by atoms with E-state index in [-0.39, 0.29) is 19.1 Å². The van der Waals surface area contributed by atoms with E-state index in [1.807, 2.05) is 27.2 Å². The van der Waals surface area contributed by atoms with E-state index < -0.39 is 20.0 Å². The lowest BCUT2D eigenvalue weighted by Gasteiger charge is -2.25. The van der Waals surface area contributed by atoms with Gasteiger partial charge in [0.25, 0.3) is 0 Å². The molecule has 0 aliphatic heterocycles. The molecule has 0 aromatic heterocycles. The van der Waals surface area contributed by atoms with Gasteiger partial charge in [-0.15, -0.1) is 0 Å². The van der Waals surface area contributed by atoms with Crippen molar-refractivity contribution in [3.63, 3.8) is 0 Å². The molecule has 3 unspecified atom stereocenters. The molecular weight excluding hydrogens is 1040 g/mol. The summed E-state index contributed by atoms with van der Waals surface area (Å²) in [5, 5.41) is 14.0. The van der Waals surface area contributed by atoms with Crippen molar-refractivity contribution in [1.29, 1.82) is 0 Å². The Morgan fingerprint density at radius 2 is 0.735 bits per heavy atom. The number of hydrogen-bond donors (Lipinski definition) is 3. The number of nitrogens with zero attached hydrogens (tertiary/aromatic N) is 1. The maximum absolute atomic E-state index is 13.0. The molecule has 482 valence electrons. The van der Waals surface area contributed by atoms with Gasteiger partial charge in [0.2, 0.25) is 5.91 Å². The summed E-state index contributed by atoms with van der Waals surface area (Å²) in [7, 11) is 1.56. The highest BCUT2D eigenvalue weighted by Gasteiger charge is 2.28. The zero-order valence-corrected chi connectivity index (χ0v) is 56.1. The van der Waals surface area contributed by atoms with Gasteiger partial charge in [-0.25, -0.2) is 4.57 Å². The lowest BCUT2D eigenvalue weighted by molar-refractivity contribution is -0.870. The standard InChI is InChI=1S/C74H135N2O6P/c1-6-8-10-12-14-16-18-20-22-24-26-28-30-31-32-33-34-35-36-37-38-39-40-41-42-43-44-45-46-48-50-52-54-56-58-60-62-64-66-68-74(78)75-72(71-82-83(79,80)81-70-69-76(3,4)5)73(77)67-65-63-61-59-57-55-53-51-49-47-29-27-25-23-21-19-17-15-13-11-9-7-2/h8,10,14,16,20,22,26,28,31-32,34-35,57,59,65,67,72-73,77H,6-7,9,11-13,15,17-19,21,23-25,27,29-30,33,36-56,58,60-64,66,68-71H2,1-5H3,(H-,75,78,79,80)/p+1/b10-8-,16-14-,22-20-,28-26-,32-31-,35-34-,59-57+,67-65+. The summed E-state index contributed by atoms with van der Waals surface area (Å²) in [6, 6.07) is -0.867. The smallest absolute Gasteiger partial charge is 0.387 e. The van der Waals surface area contributed by atoms with Crippen LogP contribution in [0.1, 0.15) is 316 Å². The Morgan fingerprint density at radius 1 is 0.422 bits per heavy atom. The van der Waals surface area contributed by atoms with E-state index in [4.69, 9.17) is 9.05 Å². The van der Waals surface area contributed by atoms with E-state index in [1.165, 1.54) is 218 Å². The molecule has 0 aliphatic carbocycles. The molecule has 0 saturated heterocycles. The Hall–Kier alpha value is -2.58. The summed E-state index contributed by atoms with van der Waals surface area (Å²) in [5.74, 6) is -0.184. The number of aliphatic hydroxyl groups excluding tert-OH is 1. The van der Waals surface area contributed by atoms with Crippen molar-refractivity contribution in [3.8, 4) is 0 Å². The van der Waals surface area contributed by atoms with Gasteiger partial charge in [0.05, 0.1) is 39.9 Å². The van der Waals surface area contributed by atoms with E-state index in [0.29, 0.717) is 17.4 Å². The average Bonchev–Trinajstić information content (AvgIpc) is 3.50. The van der Waals surface area contributed by atoms with Gasteiger partial charge in [-0.05, 0) is 83.5 Å². The number of aliphatic hydroxyl groups is 1. The Balaban J connectivity index is 4.03. The number of hydrogen-bond acceptors (Lipinski definition) is 5. The van der Waals surface area contributed by atoms with Crippen molar-refractivity contribution in [2.45, 2.75) is 328 Å². The van der Waals surface area contributed by atoms with Crippen LogP contribution in [-0.2, 0) is 18.4 Å². The first-order valence-corrected chi connectivity index (χ1v) is 36.6. The average molecular weight is 1180 g/mol. The molecule has 0 rings (SSSR count). The van der Waals surface area contributed by atoms with Gasteiger partial charge in [0.15, 0.2) is 0 Å². The lowest BCUT2D eigenvalue weighted by Crippen LogP contribution is -2.45. The molecule has 83 heavy (non-hydrogen) atoms. The molecule has 1 amide bonds. The number of carbonyl (C=O) groups is 1. The molecule has 0 aliphatic rings. The monoisotopic (exact) mass is 1180 g/mol. The summed E-state index contributed by atoms with van der Waals surface area (Å²) in [4.78, 5) is 23.4. The largest absolute Gasteiger partial charge is 0.472 e. The quantitative estimate of drug-likeness (QED) is 0.0243. The highest BCUT2D eigenvalue weighted by atomic mass is 31.2. The summed E-state index contributed by atoms with van der Waals surface area (Å²) >= 11 is 0. The predicted octanol–water partition coefficient (Wildman–Crippen LogP) is 22.5. The second-order valence-corrected chi connectivity index (χ2v) is 26.3. The summed E-state index contributed by atoms with van der Waals surface area (Å²) in [5.41, 5.74) is 0. The van der Waals surface area contributed by atoms with Crippen LogP contribution in [0.3, 0.4) is 0 Å². The van der Waals surface area contributed by atoms with Gasteiger partial charge in [0, 0.05) is 6.42 Å². The van der Waals surface area contributed by atoms with Gasteiger partial charge in [-0.2, -0.15) is 0 Å². The molecule has 0 bridgehead atoms. The number of allylic oxidation sites excluding steroid dienone is 15. The van der Waals surface area contributed by atoms with Crippen molar-refractivity contribution >= 4 is 13.7 Å². The van der Waals surface area contributed by atoms with Crippen LogP contribution in [0.15, 0.2) is 97.2 Å². The van der Waals surface area contributed by atoms with Crippen molar-refractivity contribution in [2.24, 2.45) is 0 Å². The summed E-state index contributed by atoms with van der Waals surface area (Å²) in [6.45, 7) is 4.71. The molecule has 9 heteroatoms. The Labute approximate surface area is 515 Å². The fraction of sp³-hybridized carbons (Fsp3) is 0.770. The van der Waals surface area contributed by atoms with E-state index >= 15 is 0 Å². The van der Waals surface area contributed by atoms with Crippen LogP contribution in [0.2, 0.25) is 0 Å². The summed E-state index contributed by atoms with van der Waals surface area (Å²) < 4.78 is 23.8. The molecule has 8 nitrogen and oxygen atoms in total. The zero-order chi connectivity index (χ0) is 60.5.